The number of carbonyl (C=O) groups excluding carboxylic acids is 1. The fraction of sp³-hybridized carbons (Fsp3) is 0.412. The highest BCUT2D eigenvalue weighted by Gasteiger charge is 2.26. The van der Waals surface area contributed by atoms with Gasteiger partial charge in [0.15, 0.2) is 6.10 Å². The zero-order chi connectivity index (χ0) is 15.9. The molecule has 1 aromatic rings. The maximum Gasteiger partial charge on any atom is 0.318 e. The Balaban J connectivity index is 1.93. The number of oxime groups is 1. The van der Waals surface area contributed by atoms with E-state index < -0.39 is 0 Å². The van der Waals surface area contributed by atoms with Gasteiger partial charge in [-0.25, -0.2) is 4.79 Å². The number of rotatable bonds is 6. The van der Waals surface area contributed by atoms with Gasteiger partial charge in [-0.1, -0.05) is 41.6 Å². The van der Waals surface area contributed by atoms with Gasteiger partial charge in [0.2, 0.25) is 0 Å². The number of amides is 2. The molecule has 0 aromatic heterocycles. The third kappa shape index (κ3) is 4.35. The zero-order valence-electron chi connectivity index (χ0n) is 13.2. The molecule has 0 unspecified atom stereocenters. The largest absolute Gasteiger partial charge is 0.390 e. The molecule has 118 valence electrons. The highest BCUT2D eigenvalue weighted by atomic mass is 16.6. The Morgan fingerprint density at radius 1 is 1.50 bits per heavy atom. The van der Waals surface area contributed by atoms with E-state index in [0.29, 0.717) is 19.5 Å². The Bertz CT molecular complexity index is 540. The van der Waals surface area contributed by atoms with Gasteiger partial charge in [-0.3, -0.25) is 0 Å². The average molecular weight is 301 g/mol. The summed E-state index contributed by atoms with van der Waals surface area (Å²) in [6.07, 6.45) is 2.30. The molecule has 0 spiro atoms. The monoisotopic (exact) mass is 301 g/mol. The summed E-state index contributed by atoms with van der Waals surface area (Å²) in [7, 11) is 0. The van der Waals surface area contributed by atoms with Gasteiger partial charge in [-0.2, -0.15) is 0 Å². The zero-order valence-corrected chi connectivity index (χ0v) is 13.2. The van der Waals surface area contributed by atoms with E-state index in [0.717, 1.165) is 11.3 Å². The molecule has 5 heteroatoms. The number of nitrogens with one attached hydrogen (secondary N) is 1. The lowest BCUT2D eigenvalue weighted by molar-refractivity contribution is 0.0626. The molecule has 5 nitrogen and oxygen atoms in total. The Morgan fingerprint density at radius 2 is 2.23 bits per heavy atom. The van der Waals surface area contributed by atoms with E-state index in [1.54, 1.807) is 11.0 Å². The molecule has 0 saturated heterocycles. The summed E-state index contributed by atoms with van der Waals surface area (Å²) in [5, 5.41) is 7.04. The predicted molar refractivity (Wildman–Crippen MR) is 87.9 cm³/mol. The molecule has 2 rings (SSSR count). The molecule has 1 aromatic carbocycles. The van der Waals surface area contributed by atoms with Crippen molar-refractivity contribution in [3.8, 4) is 0 Å². The first-order chi connectivity index (χ1) is 10.6. The van der Waals surface area contributed by atoms with Gasteiger partial charge in [0, 0.05) is 19.0 Å². The van der Waals surface area contributed by atoms with E-state index in [-0.39, 0.29) is 18.2 Å². The average Bonchev–Trinajstić information content (AvgIpc) is 2.95. The van der Waals surface area contributed by atoms with Crippen molar-refractivity contribution in [3.63, 3.8) is 0 Å². The molecule has 1 atom stereocenters. The van der Waals surface area contributed by atoms with Gasteiger partial charge >= 0.3 is 6.03 Å². The summed E-state index contributed by atoms with van der Waals surface area (Å²) in [4.78, 5) is 19.3. The second-order valence-electron chi connectivity index (χ2n) is 5.63. The molecule has 2 amide bonds. The molecule has 1 heterocycles. The van der Waals surface area contributed by atoms with Crippen LogP contribution in [0.1, 0.15) is 25.8 Å². The van der Waals surface area contributed by atoms with Crippen LogP contribution in [0.15, 0.2) is 48.1 Å². The summed E-state index contributed by atoms with van der Waals surface area (Å²) >= 11 is 0. The SMILES string of the molecule is C=CCN(C[C@H]1CC(c2ccccc2)=NO1)C(=O)NC(C)C. The van der Waals surface area contributed by atoms with Crippen molar-refractivity contribution in [1.29, 1.82) is 0 Å². The lowest BCUT2D eigenvalue weighted by Gasteiger charge is -2.24. The van der Waals surface area contributed by atoms with E-state index in [4.69, 9.17) is 4.84 Å². The van der Waals surface area contributed by atoms with E-state index in [1.165, 1.54) is 0 Å². The second-order valence-corrected chi connectivity index (χ2v) is 5.63. The van der Waals surface area contributed by atoms with Crippen molar-refractivity contribution in [2.24, 2.45) is 5.16 Å². The lowest BCUT2D eigenvalue weighted by Crippen LogP contribution is -2.46. The fourth-order valence-electron chi connectivity index (χ4n) is 2.31. The Hall–Kier alpha value is -2.30. The molecule has 0 aliphatic carbocycles. The maximum atomic E-state index is 12.2. The molecular formula is C17H23N3O2. The van der Waals surface area contributed by atoms with Crippen molar-refractivity contribution in [3.05, 3.63) is 48.6 Å². The van der Waals surface area contributed by atoms with Crippen LogP contribution in [0.4, 0.5) is 4.79 Å². The van der Waals surface area contributed by atoms with E-state index in [2.05, 4.69) is 17.1 Å². The van der Waals surface area contributed by atoms with Crippen molar-refractivity contribution in [2.75, 3.05) is 13.1 Å². The lowest BCUT2D eigenvalue weighted by atomic mass is 10.1. The van der Waals surface area contributed by atoms with Gasteiger partial charge in [-0.15, -0.1) is 6.58 Å². The molecule has 22 heavy (non-hydrogen) atoms. The summed E-state index contributed by atoms with van der Waals surface area (Å²) < 4.78 is 0. The van der Waals surface area contributed by atoms with Crippen LogP contribution in [0.3, 0.4) is 0 Å². The van der Waals surface area contributed by atoms with Crippen molar-refractivity contribution in [1.82, 2.24) is 10.2 Å². The van der Waals surface area contributed by atoms with E-state index in [1.807, 2.05) is 44.2 Å². The van der Waals surface area contributed by atoms with E-state index in [9.17, 15) is 4.79 Å². The molecule has 1 aliphatic heterocycles. The van der Waals surface area contributed by atoms with Crippen LogP contribution in [0.25, 0.3) is 0 Å². The molecular weight excluding hydrogens is 278 g/mol. The number of hydrogen-bond acceptors (Lipinski definition) is 3. The molecule has 1 aliphatic rings. The Labute approximate surface area is 131 Å². The molecule has 1 N–H and O–H groups in total. The smallest absolute Gasteiger partial charge is 0.318 e. The van der Waals surface area contributed by atoms with Crippen LogP contribution >= 0.6 is 0 Å². The van der Waals surface area contributed by atoms with Gasteiger partial charge in [0.05, 0.1) is 12.3 Å². The molecule has 0 bridgehead atoms. The summed E-state index contributed by atoms with van der Waals surface area (Å²) in [6.45, 7) is 8.56. The number of benzene rings is 1. The fourth-order valence-corrected chi connectivity index (χ4v) is 2.31. The van der Waals surface area contributed by atoms with Crippen LogP contribution in [0, 0.1) is 0 Å². The highest BCUT2D eigenvalue weighted by molar-refractivity contribution is 6.01. The molecule has 0 fully saturated rings. The molecule has 0 radical (unpaired) electrons. The van der Waals surface area contributed by atoms with E-state index >= 15 is 0 Å². The van der Waals surface area contributed by atoms with Crippen molar-refractivity contribution in [2.45, 2.75) is 32.4 Å². The highest BCUT2D eigenvalue weighted by Crippen LogP contribution is 2.17. The Kier molecular flexibility index (Phi) is 5.58. The van der Waals surface area contributed by atoms with Gasteiger partial charge in [0.25, 0.3) is 0 Å². The standard InChI is InChI=1S/C17H23N3O2/c1-4-10-20(17(21)18-13(2)3)12-15-11-16(19-22-15)14-8-6-5-7-9-14/h4-9,13,15H,1,10-12H2,2-3H3,(H,18,21)/t15-/m1/s1. The minimum Gasteiger partial charge on any atom is -0.390 e. The third-order valence-corrected chi connectivity index (χ3v) is 3.31. The summed E-state index contributed by atoms with van der Waals surface area (Å²) in [6, 6.07) is 9.94. The van der Waals surface area contributed by atoms with Crippen molar-refractivity contribution >= 4 is 11.7 Å². The number of urea groups is 1. The number of nitrogens with zero attached hydrogens (tertiary/aromatic N) is 2. The second kappa shape index (κ2) is 7.64. The number of carbonyl (C=O) groups is 1. The first-order valence-electron chi connectivity index (χ1n) is 7.54. The minimum atomic E-state index is -0.118. The summed E-state index contributed by atoms with van der Waals surface area (Å²) in [5.74, 6) is 0. The summed E-state index contributed by atoms with van der Waals surface area (Å²) in [5.41, 5.74) is 1.99. The Morgan fingerprint density at radius 3 is 2.86 bits per heavy atom. The van der Waals surface area contributed by atoms with Gasteiger partial charge in [-0.05, 0) is 19.4 Å². The normalized spacial score (nSPS) is 16.9. The van der Waals surface area contributed by atoms with Crippen LogP contribution in [0.2, 0.25) is 0 Å². The van der Waals surface area contributed by atoms with Crippen LogP contribution in [0.5, 0.6) is 0 Å². The topological polar surface area (TPSA) is 53.9 Å². The quantitative estimate of drug-likeness (QED) is 0.821. The van der Waals surface area contributed by atoms with Crippen LogP contribution in [-0.4, -0.2) is 41.9 Å². The number of hydrogen-bond donors (Lipinski definition) is 1. The van der Waals surface area contributed by atoms with Crippen LogP contribution in [-0.2, 0) is 4.84 Å². The van der Waals surface area contributed by atoms with Gasteiger partial charge < -0.3 is 15.1 Å². The van der Waals surface area contributed by atoms with Crippen LogP contribution < -0.4 is 5.32 Å². The third-order valence-electron chi connectivity index (χ3n) is 3.31. The maximum absolute atomic E-state index is 12.2. The predicted octanol–water partition coefficient (Wildman–Crippen LogP) is 2.79. The first-order valence-corrected chi connectivity index (χ1v) is 7.54. The first kappa shape index (κ1) is 16.1. The van der Waals surface area contributed by atoms with Gasteiger partial charge in [0.1, 0.15) is 0 Å². The minimum absolute atomic E-state index is 0.0976. The van der Waals surface area contributed by atoms with Crippen molar-refractivity contribution < 1.29 is 9.63 Å². The molecule has 0 saturated carbocycles.